The minimum atomic E-state index is -2.58. The average molecular weight is 162 g/mol. The summed E-state index contributed by atoms with van der Waals surface area (Å²) in [5.41, 5.74) is -0.724. The molecule has 0 aliphatic heterocycles. The fourth-order valence-corrected chi connectivity index (χ4v) is 1.71. The summed E-state index contributed by atoms with van der Waals surface area (Å²) in [4.78, 5) is 11.1. The van der Waals surface area contributed by atoms with Crippen molar-refractivity contribution in [3.63, 3.8) is 0 Å². The van der Waals surface area contributed by atoms with Gasteiger partial charge in [0.2, 0.25) is 5.92 Å². The van der Waals surface area contributed by atoms with Crippen molar-refractivity contribution in [1.82, 2.24) is 0 Å². The second-order valence-corrected chi connectivity index (χ2v) is 3.55. The van der Waals surface area contributed by atoms with E-state index in [1.54, 1.807) is 13.8 Å². The Bertz CT molecular complexity index is 179. The van der Waals surface area contributed by atoms with E-state index in [4.69, 9.17) is 0 Å². The standard InChI is InChI=1S/C8H12F2O/c1-3-6(11)7(2)4-8(9,10)5-7/h3-5H2,1-2H3. The molecule has 1 aliphatic rings. The predicted molar refractivity (Wildman–Crippen MR) is 37.6 cm³/mol. The second kappa shape index (κ2) is 2.26. The van der Waals surface area contributed by atoms with Crippen LogP contribution in [0.3, 0.4) is 0 Å². The van der Waals surface area contributed by atoms with Gasteiger partial charge in [-0.15, -0.1) is 0 Å². The monoisotopic (exact) mass is 162 g/mol. The highest BCUT2D eigenvalue weighted by atomic mass is 19.3. The molecule has 1 fully saturated rings. The van der Waals surface area contributed by atoms with Crippen LogP contribution in [0.5, 0.6) is 0 Å². The molecule has 0 bridgehead atoms. The SMILES string of the molecule is CCC(=O)C1(C)CC(F)(F)C1. The van der Waals surface area contributed by atoms with E-state index >= 15 is 0 Å². The van der Waals surface area contributed by atoms with Crippen LogP contribution in [0.25, 0.3) is 0 Å². The molecule has 1 nitrogen and oxygen atoms in total. The lowest BCUT2D eigenvalue weighted by Gasteiger charge is -2.43. The van der Waals surface area contributed by atoms with Crippen molar-refractivity contribution in [2.75, 3.05) is 0 Å². The van der Waals surface area contributed by atoms with Gasteiger partial charge in [-0.3, -0.25) is 4.79 Å². The van der Waals surface area contributed by atoms with Crippen molar-refractivity contribution < 1.29 is 13.6 Å². The number of halogens is 2. The third kappa shape index (κ3) is 1.42. The first-order valence-electron chi connectivity index (χ1n) is 3.81. The van der Waals surface area contributed by atoms with Gasteiger partial charge in [-0.2, -0.15) is 0 Å². The zero-order valence-electron chi connectivity index (χ0n) is 6.79. The minimum Gasteiger partial charge on any atom is -0.299 e. The largest absolute Gasteiger partial charge is 0.299 e. The number of ketones is 1. The van der Waals surface area contributed by atoms with Crippen LogP contribution in [-0.4, -0.2) is 11.7 Å². The van der Waals surface area contributed by atoms with Crippen LogP contribution in [0.2, 0.25) is 0 Å². The molecule has 0 amide bonds. The van der Waals surface area contributed by atoms with Crippen molar-refractivity contribution in [2.45, 2.75) is 39.0 Å². The van der Waals surface area contributed by atoms with Crippen LogP contribution in [-0.2, 0) is 4.79 Å². The Morgan fingerprint density at radius 1 is 1.45 bits per heavy atom. The fourth-order valence-electron chi connectivity index (χ4n) is 1.71. The topological polar surface area (TPSA) is 17.1 Å². The van der Waals surface area contributed by atoms with Crippen molar-refractivity contribution in [3.05, 3.63) is 0 Å². The Morgan fingerprint density at radius 3 is 2.18 bits per heavy atom. The Morgan fingerprint density at radius 2 is 1.91 bits per heavy atom. The van der Waals surface area contributed by atoms with Gasteiger partial charge in [0.25, 0.3) is 0 Å². The van der Waals surface area contributed by atoms with Gasteiger partial charge in [0.15, 0.2) is 0 Å². The van der Waals surface area contributed by atoms with E-state index in [0.29, 0.717) is 6.42 Å². The number of hydrogen-bond donors (Lipinski definition) is 0. The summed E-state index contributed by atoms with van der Waals surface area (Å²) in [5, 5.41) is 0. The highest BCUT2D eigenvalue weighted by Crippen LogP contribution is 2.52. The number of alkyl halides is 2. The van der Waals surface area contributed by atoms with E-state index in [0.717, 1.165) is 0 Å². The highest BCUT2D eigenvalue weighted by Gasteiger charge is 2.56. The van der Waals surface area contributed by atoms with Gasteiger partial charge in [-0.25, -0.2) is 8.78 Å². The Labute approximate surface area is 64.8 Å². The van der Waals surface area contributed by atoms with E-state index in [2.05, 4.69) is 0 Å². The van der Waals surface area contributed by atoms with Crippen molar-refractivity contribution in [3.8, 4) is 0 Å². The lowest BCUT2D eigenvalue weighted by atomic mass is 9.64. The van der Waals surface area contributed by atoms with Gasteiger partial charge >= 0.3 is 0 Å². The van der Waals surface area contributed by atoms with Crippen LogP contribution < -0.4 is 0 Å². The highest BCUT2D eigenvalue weighted by molar-refractivity contribution is 5.85. The maximum atomic E-state index is 12.4. The molecular formula is C8H12F2O. The summed E-state index contributed by atoms with van der Waals surface area (Å²) in [5.74, 6) is -2.62. The Balaban J connectivity index is 2.56. The second-order valence-electron chi connectivity index (χ2n) is 3.55. The minimum absolute atomic E-state index is 0.0385. The molecule has 0 aromatic heterocycles. The zero-order valence-corrected chi connectivity index (χ0v) is 6.79. The van der Waals surface area contributed by atoms with Gasteiger partial charge in [0.05, 0.1) is 0 Å². The third-order valence-corrected chi connectivity index (χ3v) is 2.29. The lowest BCUT2D eigenvalue weighted by molar-refractivity contribution is -0.172. The fraction of sp³-hybridized carbons (Fsp3) is 0.875. The number of carbonyl (C=O) groups is 1. The first-order chi connectivity index (χ1) is 4.90. The van der Waals surface area contributed by atoms with Gasteiger partial charge in [-0.1, -0.05) is 13.8 Å². The van der Waals surface area contributed by atoms with Crippen molar-refractivity contribution in [1.29, 1.82) is 0 Å². The van der Waals surface area contributed by atoms with Crippen molar-refractivity contribution >= 4 is 5.78 Å². The molecular weight excluding hydrogens is 150 g/mol. The molecule has 0 aromatic carbocycles. The predicted octanol–water partition coefficient (Wildman–Crippen LogP) is 2.40. The number of rotatable bonds is 2. The van der Waals surface area contributed by atoms with E-state index < -0.39 is 11.3 Å². The van der Waals surface area contributed by atoms with Gasteiger partial charge in [0.1, 0.15) is 5.78 Å². The maximum absolute atomic E-state index is 12.4. The van der Waals surface area contributed by atoms with Crippen molar-refractivity contribution in [2.24, 2.45) is 5.41 Å². The molecule has 0 spiro atoms. The molecule has 1 saturated carbocycles. The smallest absolute Gasteiger partial charge is 0.250 e. The van der Waals surface area contributed by atoms with E-state index in [-0.39, 0.29) is 18.6 Å². The first kappa shape index (κ1) is 8.62. The summed E-state index contributed by atoms with van der Waals surface area (Å²) in [7, 11) is 0. The molecule has 0 aromatic rings. The van der Waals surface area contributed by atoms with E-state index in [1.807, 2.05) is 0 Å². The molecule has 0 heterocycles. The molecule has 11 heavy (non-hydrogen) atoms. The molecule has 0 atom stereocenters. The Kier molecular flexibility index (Phi) is 1.77. The lowest BCUT2D eigenvalue weighted by Crippen LogP contribution is -2.48. The summed E-state index contributed by atoms with van der Waals surface area (Å²) < 4.78 is 24.8. The molecule has 3 heteroatoms. The third-order valence-electron chi connectivity index (χ3n) is 2.29. The van der Waals surface area contributed by atoms with Gasteiger partial charge in [0, 0.05) is 24.7 Å². The number of carbonyl (C=O) groups excluding carboxylic acids is 1. The summed E-state index contributed by atoms with van der Waals surface area (Å²) in [6, 6.07) is 0. The van der Waals surface area contributed by atoms with Gasteiger partial charge < -0.3 is 0 Å². The summed E-state index contributed by atoms with van der Waals surface area (Å²) in [6.07, 6.45) is -0.147. The first-order valence-corrected chi connectivity index (χ1v) is 3.81. The maximum Gasteiger partial charge on any atom is 0.250 e. The normalized spacial score (nSPS) is 25.8. The van der Waals surface area contributed by atoms with Crippen LogP contribution in [0.4, 0.5) is 8.78 Å². The molecule has 64 valence electrons. The van der Waals surface area contributed by atoms with E-state index in [1.165, 1.54) is 0 Å². The number of hydrogen-bond acceptors (Lipinski definition) is 1. The molecule has 0 saturated heterocycles. The van der Waals surface area contributed by atoms with E-state index in [9.17, 15) is 13.6 Å². The molecule has 0 radical (unpaired) electrons. The number of Topliss-reactive ketones (excluding diaryl/α,β-unsaturated/α-hetero) is 1. The molecule has 1 rings (SSSR count). The molecule has 0 unspecified atom stereocenters. The molecule has 0 N–H and O–H groups in total. The summed E-state index contributed by atoms with van der Waals surface area (Å²) >= 11 is 0. The molecule has 1 aliphatic carbocycles. The zero-order chi connectivity index (χ0) is 8.70. The summed E-state index contributed by atoms with van der Waals surface area (Å²) in [6.45, 7) is 3.33. The van der Waals surface area contributed by atoms with Crippen LogP contribution in [0.1, 0.15) is 33.1 Å². The van der Waals surface area contributed by atoms with Crippen LogP contribution in [0.15, 0.2) is 0 Å². The Hall–Kier alpha value is -0.470. The van der Waals surface area contributed by atoms with Crippen LogP contribution in [0, 0.1) is 5.41 Å². The average Bonchev–Trinajstić information content (AvgIpc) is 1.81. The van der Waals surface area contributed by atoms with Crippen LogP contribution >= 0.6 is 0 Å². The van der Waals surface area contributed by atoms with Gasteiger partial charge in [-0.05, 0) is 0 Å². The quantitative estimate of drug-likeness (QED) is 0.609.